The van der Waals surface area contributed by atoms with Crippen molar-refractivity contribution in [3.05, 3.63) is 52.6 Å². The van der Waals surface area contributed by atoms with E-state index in [1.165, 1.54) is 22.7 Å². The molecule has 0 N–H and O–H groups in total. The van der Waals surface area contributed by atoms with Crippen molar-refractivity contribution < 1.29 is 17.9 Å². The number of carbonyl (C=O) groups excluding carboxylic acids is 1. The van der Waals surface area contributed by atoms with Crippen LogP contribution in [0.4, 0.5) is 0 Å². The smallest absolute Gasteiger partial charge is 0.281 e. The van der Waals surface area contributed by atoms with Gasteiger partial charge in [0.05, 0.1) is 0 Å². The average molecular weight is 469 g/mol. The lowest BCUT2D eigenvalue weighted by atomic mass is 10.2. The molecule has 10 heteroatoms. The molecule has 1 aromatic heterocycles. The molecule has 1 fully saturated rings. The van der Waals surface area contributed by atoms with E-state index in [9.17, 15) is 13.2 Å². The average Bonchev–Trinajstić information content (AvgIpc) is 2.69. The van der Waals surface area contributed by atoms with Crippen molar-refractivity contribution in [2.75, 3.05) is 40.3 Å². The lowest BCUT2D eigenvalue weighted by Crippen LogP contribution is -2.53. The molecule has 1 aliphatic rings. The van der Waals surface area contributed by atoms with Crippen LogP contribution in [0.1, 0.15) is 10.4 Å². The predicted octanol–water partition coefficient (Wildman–Crippen LogP) is 2.20. The first-order valence-corrected chi connectivity index (χ1v) is 10.8. The molecule has 3 rings (SSSR count). The van der Waals surface area contributed by atoms with Crippen molar-refractivity contribution in [2.24, 2.45) is 0 Å². The van der Waals surface area contributed by atoms with Crippen molar-refractivity contribution in [1.29, 1.82) is 0 Å². The minimum atomic E-state index is -3.48. The number of hydrogen-bond acceptors (Lipinski definition) is 5. The molecule has 0 radical (unpaired) electrons. The summed E-state index contributed by atoms with van der Waals surface area (Å²) in [7, 11) is -0.490. The van der Waals surface area contributed by atoms with Crippen LogP contribution in [0.2, 0.25) is 0 Å². The van der Waals surface area contributed by atoms with E-state index in [4.69, 9.17) is 4.74 Å². The van der Waals surface area contributed by atoms with Gasteiger partial charge in [0.1, 0.15) is 11.3 Å². The molecule has 1 aromatic carbocycles. The van der Waals surface area contributed by atoms with E-state index in [0.29, 0.717) is 24.4 Å². The maximum atomic E-state index is 13.0. The quantitative estimate of drug-likeness (QED) is 0.671. The van der Waals surface area contributed by atoms with Crippen molar-refractivity contribution in [3.8, 4) is 11.6 Å². The number of benzene rings is 1. The van der Waals surface area contributed by atoms with E-state index >= 15 is 0 Å². The van der Waals surface area contributed by atoms with Crippen LogP contribution in [0.15, 0.2) is 47.1 Å². The second-order valence-corrected chi connectivity index (χ2v) is 9.45. The third-order valence-corrected chi connectivity index (χ3v) is 6.81. The number of aromatic nitrogens is 1. The lowest BCUT2D eigenvalue weighted by molar-refractivity contribution is 0.0692. The molecule has 0 saturated carbocycles. The van der Waals surface area contributed by atoms with Gasteiger partial charge in [-0.15, -0.1) is 0 Å². The first-order chi connectivity index (χ1) is 13.3. The second kappa shape index (κ2) is 8.56. The van der Waals surface area contributed by atoms with E-state index < -0.39 is 10.2 Å². The predicted molar refractivity (Wildman–Crippen MR) is 109 cm³/mol. The van der Waals surface area contributed by atoms with Gasteiger partial charge < -0.3 is 9.64 Å². The number of amides is 1. The molecule has 0 spiro atoms. The summed E-state index contributed by atoms with van der Waals surface area (Å²) in [5, 5.41) is 0. The molecule has 0 unspecified atom stereocenters. The number of ether oxygens (including phenoxy) is 1. The molecule has 2 aromatic rings. The number of nitrogens with zero attached hydrogens (tertiary/aromatic N) is 4. The van der Waals surface area contributed by atoms with Gasteiger partial charge in [-0.3, -0.25) is 4.79 Å². The van der Waals surface area contributed by atoms with E-state index in [2.05, 4.69) is 20.9 Å². The van der Waals surface area contributed by atoms with Gasteiger partial charge >= 0.3 is 0 Å². The zero-order chi connectivity index (χ0) is 20.3. The summed E-state index contributed by atoms with van der Waals surface area (Å²) < 4.78 is 33.7. The Labute approximate surface area is 173 Å². The van der Waals surface area contributed by atoms with Crippen molar-refractivity contribution in [2.45, 2.75) is 0 Å². The van der Waals surface area contributed by atoms with Crippen LogP contribution >= 0.6 is 15.9 Å². The fraction of sp³-hybridized carbons (Fsp3) is 0.333. The SMILES string of the molecule is CN(C)S(=O)(=O)N1CCN(C(=O)c2cccnc2Oc2ccc(Br)cc2)CC1. The number of piperazine rings is 1. The number of rotatable bonds is 5. The summed E-state index contributed by atoms with van der Waals surface area (Å²) >= 11 is 3.37. The first kappa shape index (κ1) is 20.7. The molecule has 8 nitrogen and oxygen atoms in total. The van der Waals surface area contributed by atoms with Crippen LogP contribution in [-0.2, 0) is 10.2 Å². The van der Waals surface area contributed by atoms with E-state index in [-0.39, 0.29) is 24.9 Å². The summed E-state index contributed by atoms with van der Waals surface area (Å²) in [6.45, 7) is 1.10. The molecule has 1 saturated heterocycles. The fourth-order valence-corrected chi connectivity index (χ4v) is 4.12. The summed E-state index contributed by atoms with van der Waals surface area (Å²) in [6, 6.07) is 10.6. The largest absolute Gasteiger partial charge is 0.438 e. The van der Waals surface area contributed by atoms with E-state index in [0.717, 1.165) is 4.47 Å². The number of halogens is 1. The Morgan fingerprint density at radius 2 is 1.75 bits per heavy atom. The second-order valence-electron chi connectivity index (χ2n) is 6.39. The number of carbonyl (C=O) groups is 1. The Balaban J connectivity index is 1.73. The first-order valence-electron chi connectivity index (χ1n) is 8.64. The molecule has 28 heavy (non-hydrogen) atoms. The van der Waals surface area contributed by atoms with Crippen molar-refractivity contribution in [1.82, 2.24) is 18.5 Å². The molecular weight excluding hydrogens is 448 g/mol. The molecule has 1 aliphatic heterocycles. The molecular formula is C18H21BrN4O4S. The van der Waals surface area contributed by atoms with Crippen LogP contribution in [0, 0.1) is 0 Å². The van der Waals surface area contributed by atoms with Gasteiger partial charge in [-0.05, 0) is 36.4 Å². The normalized spacial score (nSPS) is 15.6. The zero-order valence-electron chi connectivity index (χ0n) is 15.6. The highest BCUT2D eigenvalue weighted by Crippen LogP contribution is 2.26. The highest BCUT2D eigenvalue weighted by Gasteiger charge is 2.31. The summed E-state index contributed by atoms with van der Waals surface area (Å²) in [5.41, 5.74) is 0.342. The molecule has 1 amide bonds. The maximum absolute atomic E-state index is 13.0. The van der Waals surface area contributed by atoms with Crippen LogP contribution < -0.4 is 4.74 Å². The number of hydrogen-bond donors (Lipinski definition) is 0. The summed E-state index contributed by atoms with van der Waals surface area (Å²) in [5.74, 6) is 0.554. The van der Waals surface area contributed by atoms with Gasteiger partial charge in [0.2, 0.25) is 5.88 Å². The van der Waals surface area contributed by atoms with E-state index in [1.807, 2.05) is 12.1 Å². The van der Waals surface area contributed by atoms with Crippen LogP contribution in [0.25, 0.3) is 0 Å². The van der Waals surface area contributed by atoms with Crippen LogP contribution in [0.5, 0.6) is 11.6 Å². The monoisotopic (exact) mass is 468 g/mol. The summed E-state index contributed by atoms with van der Waals surface area (Å²) in [6.07, 6.45) is 1.56. The molecule has 150 valence electrons. The van der Waals surface area contributed by atoms with Gasteiger partial charge in [-0.25, -0.2) is 4.98 Å². The molecule has 2 heterocycles. The Morgan fingerprint density at radius 1 is 1.11 bits per heavy atom. The highest BCUT2D eigenvalue weighted by molar-refractivity contribution is 9.10. The van der Waals surface area contributed by atoms with Gasteiger partial charge in [-0.2, -0.15) is 17.0 Å². The zero-order valence-corrected chi connectivity index (χ0v) is 18.0. The molecule has 0 aliphatic carbocycles. The fourth-order valence-electron chi connectivity index (χ4n) is 2.77. The van der Waals surface area contributed by atoms with Crippen LogP contribution in [0.3, 0.4) is 0 Å². The third-order valence-electron chi connectivity index (χ3n) is 4.34. The Bertz CT molecular complexity index is 942. The lowest BCUT2D eigenvalue weighted by Gasteiger charge is -2.35. The Hall–Kier alpha value is -2.01. The van der Waals surface area contributed by atoms with Crippen LogP contribution in [-0.4, -0.2) is 73.1 Å². The maximum Gasteiger partial charge on any atom is 0.281 e. The van der Waals surface area contributed by atoms with Gasteiger partial charge in [0, 0.05) is 50.9 Å². The van der Waals surface area contributed by atoms with Crippen molar-refractivity contribution >= 4 is 32.0 Å². The standard InChI is InChI=1S/C18H21BrN4O4S/c1-21(2)28(25,26)23-12-10-22(11-13-23)18(24)16-4-3-9-20-17(16)27-15-7-5-14(19)6-8-15/h3-9H,10-13H2,1-2H3. The van der Waals surface area contributed by atoms with Gasteiger partial charge in [-0.1, -0.05) is 15.9 Å². The highest BCUT2D eigenvalue weighted by atomic mass is 79.9. The van der Waals surface area contributed by atoms with Gasteiger partial charge in [0.25, 0.3) is 16.1 Å². The third kappa shape index (κ3) is 4.52. The van der Waals surface area contributed by atoms with Crippen molar-refractivity contribution in [3.63, 3.8) is 0 Å². The summed E-state index contributed by atoms with van der Waals surface area (Å²) in [4.78, 5) is 18.8. The topological polar surface area (TPSA) is 83.1 Å². The minimum absolute atomic E-state index is 0.221. The van der Waals surface area contributed by atoms with E-state index in [1.54, 1.807) is 35.4 Å². The van der Waals surface area contributed by atoms with Gasteiger partial charge in [0.15, 0.2) is 0 Å². The Kier molecular flexibility index (Phi) is 6.33. The Morgan fingerprint density at radius 3 is 2.36 bits per heavy atom. The minimum Gasteiger partial charge on any atom is -0.438 e. The molecule has 0 atom stereocenters. The number of pyridine rings is 1. The molecule has 0 bridgehead atoms.